The monoisotopic (exact) mass is 403 g/mol. The number of anilines is 1. The lowest BCUT2D eigenvalue weighted by atomic mass is 10.1. The molecule has 0 N–H and O–H groups in total. The van der Waals surface area contributed by atoms with Gasteiger partial charge in [0.1, 0.15) is 23.3 Å². The molecule has 0 atom stereocenters. The first-order valence-electron chi connectivity index (χ1n) is 9.15. The van der Waals surface area contributed by atoms with Crippen LogP contribution in [0.25, 0.3) is 0 Å². The number of hydrogen-bond donors (Lipinski definition) is 0. The molecule has 9 heteroatoms. The summed E-state index contributed by atoms with van der Waals surface area (Å²) in [7, 11) is 0. The number of aromatic nitrogens is 2. The molecule has 1 aliphatic heterocycles. The van der Waals surface area contributed by atoms with Crippen molar-refractivity contribution < 1.29 is 19.1 Å². The molecule has 0 bridgehead atoms. The molecule has 0 unspecified atom stereocenters. The molecule has 0 saturated carbocycles. The van der Waals surface area contributed by atoms with Crippen LogP contribution in [0, 0.1) is 0 Å². The first-order valence-corrected chi connectivity index (χ1v) is 10.1. The van der Waals surface area contributed by atoms with Gasteiger partial charge in [-0.05, 0) is 18.1 Å². The summed E-state index contributed by atoms with van der Waals surface area (Å²) in [6.07, 6.45) is 0. The minimum atomic E-state index is -1.33. The molecule has 0 aromatic carbocycles. The second-order valence-electron chi connectivity index (χ2n) is 6.92. The molecule has 0 spiro atoms. The topological polar surface area (TPSA) is 103 Å². The standard InChI is InChI=1S/C19H24N4O4S/c1-12(2)15-10-17(23-8-6-22(7-9-23)13(3)24)21-19(20-15)28-11-14-4-5-16(27-14)18(25)26/h4-5,10,12H,6-9,11H2,1-3H3,(H,25,26)/p-1. The fourth-order valence-corrected chi connectivity index (χ4v) is 3.66. The molecule has 1 amide bonds. The van der Waals surface area contributed by atoms with E-state index in [9.17, 15) is 14.7 Å². The Balaban J connectivity index is 1.74. The molecule has 150 valence electrons. The highest BCUT2D eigenvalue weighted by Crippen LogP contribution is 2.26. The van der Waals surface area contributed by atoms with E-state index in [2.05, 4.69) is 28.7 Å². The maximum Gasteiger partial charge on any atom is 0.219 e. The number of aromatic carboxylic acids is 1. The van der Waals surface area contributed by atoms with Crippen molar-refractivity contribution in [2.24, 2.45) is 0 Å². The van der Waals surface area contributed by atoms with Crippen LogP contribution in [-0.4, -0.2) is 52.9 Å². The van der Waals surface area contributed by atoms with E-state index < -0.39 is 5.97 Å². The van der Waals surface area contributed by atoms with Crippen molar-refractivity contribution in [1.82, 2.24) is 14.9 Å². The van der Waals surface area contributed by atoms with Crippen molar-refractivity contribution in [1.29, 1.82) is 0 Å². The van der Waals surface area contributed by atoms with Crippen LogP contribution in [0.15, 0.2) is 27.8 Å². The molecule has 2 aromatic rings. The molecule has 3 rings (SSSR count). The van der Waals surface area contributed by atoms with Crippen molar-refractivity contribution >= 4 is 29.5 Å². The summed E-state index contributed by atoms with van der Waals surface area (Å²) in [4.78, 5) is 35.6. The number of nitrogens with zero attached hydrogens (tertiary/aromatic N) is 4. The maximum atomic E-state index is 11.5. The number of amides is 1. The van der Waals surface area contributed by atoms with E-state index >= 15 is 0 Å². The van der Waals surface area contributed by atoms with Crippen molar-refractivity contribution in [3.63, 3.8) is 0 Å². The predicted octanol–water partition coefficient (Wildman–Crippen LogP) is 1.52. The maximum absolute atomic E-state index is 11.5. The van der Waals surface area contributed by atoms with Crippen LogP contribution in [0.4, 0.5) is 5.82 Å². The Morgan fingerprint density at radius 3 is 2.50 bits per heavy atom. The number of carbonyl (C=O) groups excluding carboxylic acids is 2. The lowest BCUT2D eigenvalue weighted by Crippen LogP contribution is -2.48. The van der Waals surface area contributed by atoms with Crippen molar-refractivity contribution in [2.45, 2.75) is 37.6 Å². The highest BCUT2D eigenvalue weighted by Gasteiger charge is 2.21. The van der Waals surface area contributed by atoms with Gasteiger partial charge in [-0.2, -0.15) is 0 Å². The normalized spacial score (nSPS) is 14.6. The number of carbonyl (C=O) groups is 2. The number of hydrogen-bond acceptors (Lipinski definition) is 8. The van der Waals surface area contributed by atoms with E-state index in [4.69, 9.17) is 4.42 Å². The molecule has 0 radical (unpaired) electrons. The number of thioether (sulfide) groups is 1. The lowest BCUT2D eigenvalue weighted by Gasteiger charge is -2.35. The largest absolute Gasteiger partial charge is 0.542 e. The first-order chi connectivity index (χ1) is 13.3. The van der Waals surface area contributed by atoms with Gasteiger partial charge in [-0.3, -0.25) is 4.79 Å². The quantitative estimate of drug-likeness (QED) is 0.528. The number of rotatable bonds is 6. The third-order valence-corrected chi connectivity index (χ3v) is 5.43. The number of carboxylic acids is 1. The third kappa shape index (κ3) is 4.83. The van der Waals surface area contributed by atoms with E-state index in [1.807, 2.05) is 11.0 Å². The average Bonchev–Trinajstić information content (AvgIpc) is 3.15. The minimum Gasteiger partial charge on any atom is -0.542 e. The van der Waals surface area contributed by atoms with Gasteiger partial charge in [0.2, 0.25) is 5.91 Å². The molecule has 28 heavy (non-hydrogen) atoms. The van der Waals surface area contributed by atoms with E-state index in [0.29, 0.717) is 29.8 Å². The fraction of sp³-hybridized carbons (Fsp3) is 0.474. The van der Waals surface area contributed by atoms with E-state index in [-0.39, 0.29) is 17.6 Å². The molecule has 2 aromatic heterocycles. The van der Waals surface area contributed by atoms with Crippen molar-refractivity contribution in [3.8, 4) is 0 Å². The Labute approximate surface area is 167 Å². The van der Waals surface area contributed by atoms with Crippen LogP contribution in [-0.2, 0) is 10.5 Å². The van der Waals surface area contributed by atoms with E-state index in [1.54, 1.807) is 13.0 Å². The number of carboxylic acid groups (broad SMARTS) is 1. The molecule has 8 nitrogen and oxygen atoms in total. The van der Waals surface area contributed by atoms with Gasteiger partial charge < -0.3 is 24.1 Å². The van der Waals surface area contributed by atoms with Gasteiger partial charge in [0.05, 0.1) is 5.75 Å². The number of piperazine rings is 1. The zero-order chi connectivity index (χ0) is 20.3. The highest BCUT2D eigenvalue weighted by atomic mass is 32.2. The van der Waals surface area contributed by atoms with Gasteiger partial charge in [-0.25, -0.2) is 9.97 Å². The highest BCUT2D eigenvalue weighted by molar-refractivity contribution is 7.98. The Morgan fingerprint density at radius 1 is 1.21 bits per heavy atom. The molecule has 1 aliphatic rings. The van der Waals surface area contributed by atoms with Gasteiger partial charge in [-0.15, -0.1) is 0 Å². The van der Waals surface area contributed by atoms with Crippen LogP contribution >= 0.6 is 11.8 Å². The Hall–Kier alpha value is -2.55. The van der Waals surface area contributed by atoms with Crippen molar-refractivity contribution in [2.75, 3.05) is 31.1 Å². The third-order valence-electron chi connectivity index (χ3n) is 4.56. The van der Waals surface area contributed by atoms with Gasteiger partial charge in [-0.1, -0.05) is 25.6 Å². The summed E-state index contributed by atoms with van der Waals surface area (Å²) < 4.78 is 5.24. The van der Waals surface area contributed by atoms with E-state index in [0.717, 1.165) is 24.6 Å². The lowest BCUT2D eigenvalue weighted by molar-refractivity contribution is -0.257. The van der Waals surface area contributed by atoms with Crippen LogP contribution in [0.2, 0.25) is 0 Å². The molecule has 3 heterocycles. The minimum absolute atomic E-state index is 0.0934. The molecular weight excluding hydrogens is 380 g/mol. The van der Waals surface area contributed by atoms with Crippen LogP contribution < -0.4 is 10.0 Å². The Bertz CT molecular complexity index is 859. The second-order valence-corrected chi connectivity index (χ2v) is 7.87. The first kappa shape index (κ1) is 20.2. The SMILES string of the molecule is CC(=O)N1CCN(c2cc(C(C)C)nc(SCc3ccc(C(=O)[O-])o3)n2)CC1. The average molecular weight is 403 g/mol. The Morgan fingerprint density at radius 2 is 1.93 bits per heavy atom. The van der Waals surface area contributed by atoms with Crippen LogP contribution in [0.5, 0.6) is 0 Å². The van der Waals surface area contributed by atoms with Gasteiger partial charge in [0, 0.05) is 44.9 Å². The summed E-state index contributed by atoms with van der Waals surface area (Å²) in [5.41, 5.74) is 0.941. The van der Waals surface area contributed by atoms with Gasteiger partial charge >= 0.3 is 0 Å². The molecule has 1 fully saturated rings. The van der Waals surface area contributed by atoms with E-state index in [1.165, 1.54) is 17.8 Å². The summed E-state index contributed by atoms with van der Waals surface area (Å²) in [5.74, 6) is 0.618. The summed E-state index contributed by atoms with van der Waals surface area (Å²) >= 11 is 1.39. The second kappa shape index (κ2) is 8.64. The Kier molecular flexibility index (Phi) is 6.23. The molecular formula is C19H23N4O4S-. The molecule has 0 aliphatic carbocycles. The van der Waals surface area contributed by atoms with Crippen LogP contribution in [0.3, 0.4) is 0 Å². The summed E-state index contributed by atoms with van der Waals surface area (Å²) in [6.45, 7) is 8.55. The van der Waals surface area contributed by atoms with Gasteiger partial charge in [0.25, 0.3) is 0 Å². The predicted molar refractivity (Wildman–Crippen MR) is 103 cm³/mol. The van der Waals surface area contributed by atoms with Gasteiger partial charge in [0.15, 0.2) is 5.16 Å². The van der Waals surface area contributed by atoms with Crippen molar-refractivity contribution in [3.05, 3.63) is 35.4 Å². The zero-order valence-electron chi connectivity index (χ0n) is 16.2. The summed E-state index contributed by atoms with van der Waals surface area (Å²) in [6, 6.07) is 5.00. The summed E-state index contributed by atoms with van der Waals surface area (Å²) in [5, 5.41) is 11.4. The molecule has 1 saturated heterocycles. The van der Waals surface area contributed by atoms with Crippen LogP contribution in [0.1, 0.15) is 48.7 Å². The number of furan rings is 1. The zero-order valence-corrected chi connectivity index (χ0v) is 17.0. The smallest absolute Gasteiger partial charge is 0.219 e. The fourth-order valence-electron chi connectivity index (χ4n) is 2.90.